The zero-order valence-corrected chi connectivity index (χ0v) is 12.5. The third kappa shape index (κ3) is 4.17. The molecule has 0 aromatic heterocycles. The average molecular weight is 414 g/mol. The van der Waals surface area contributed by atoms with Crippen molar-refractivity contribution in [2.75, 3.05) is 0 Å². The monoisotopic (exact) mass is 414 g/mol. The van der Waals surface area contributed by atoms with Crippen LogP contribution in [0, 0.1) is 0 Å². The first-order valence-electron chi connectivity index (χ1n) is 5.38. The van der Waals surface area contributed by atoms with E-state index in [4.69, 9.17) is 0 Å². The summed E-state index contributed by atoms with van der Waals surface area (Å²) in [5.41, 5.74) is 0. The van der Waals surface area contributed by atoms with Gasteiger partial charge in [-0.05, 0) is 22.6 Å². The number of hydrogen-bond acceptors (Lipinski definition) is 5. The Morgan fingerprint density at radius 2 is 1.55 bits per heavy atom. The van der Waals surface area contributed by atoms with Gasteiger partial charge in [-0.3, -0.25) is 9.59 Å². The highest BCUT2D eigenvalue weighted by Gasteiger charge is 2.59. The Morgan fingerprint density at radius 1 is 1.10 bits per heavy atom. The van der Waals surface area contributed by atoms with Crippen LogP contribution >= 0.6 is 22.6 Å². The van der Waals surface area contributed by atoms with Gasteiger partial charge in [0, 0.05) is 13.8 Å². The van der Waals surface area contributed by atoms with Gasteiger partial charge in [0.25, 0.3) is 0 Å². The molecule has 0 amide bonds. The second kappa shape index (κ2) is 6.41. The highest BCUT2D eigenvalue weighted by Crippen LogP contribution is 2.38. The van der Waals surface area contributed by atoms with Crippen LogP contribution in [0.4, 0.5) is 17.6 Å². The van der Waals surface area contributed by atoms with Gasteiger partial charge in [-0.15, -0.1) is 0 Å². The van der Waals surface area contributed by atoms with Crippen LogP contribution in [0.15, 0.2) is 0 Å². The van der Waals surface area contributed by atoms with Crippen molar-refractivity contribution in [3.8, 4) is 0 Å². The minimum absolute atomic E-state index is 0.863. The van der Waals surface area contributed by atoms with Crippen LogP contribution in [-0.4, -0.2) is 46.7 Å². The standard InChI is InChI=1S/C10H11F4IO5/c1-3(16)18-6-5(11)9(15)20-8(10(12,13)14)7(6)19-4(2)17/h5-9H,1-2H3. The van der Waals surface area contributed by atoms with E-state index in [1.54, 1.807) is 0 Å². The molecule has 5 unspecified atom stereocenters. The van der Waals surface area contributed by atoms with Crippen LogP contribution in [0.2, 0.25) is 0 Å². The van der Waals surface area contributed by atoms with Crippen LogP contribution in [0.5, 0.6) is 0 Å². The van der Waals surface area contributed by atoms with Crippen LogP contribution in [0.25, 0.3) is 0 Å². The number of carbonyl (C=O) groups is 2. The zero-order valence-electron chi connectivity index (χ0n) is 10.3. The minimum atomic E-state index is -4.90. The first-order chi connectivity index (χ1) is 9.04. The molecule has 0 saturated carbocycles. The van der Waals surface area contributed by atoms with Gasteiger partial charge in [-0.2, -0.15) is 13.2 Å². The molecule has 116 valence electrons. The lowest BCUT2D eigenvalue weighted by atomic mass is 10.00. The van der Waals surface area contributed by atoms with Gasteiger partial charge < -0.3 is 14.2 Å². The number of ether oxygens (including phenoxy) is 3. The van der Waals surface area contributed by atoms with Crippen LogP contribution < -0.4 is 0 Å². The van der Waals surface area contributed by atoms with Crippen LogP contribution in [0.1, 0.15) is 13.8 Å². The molecule has 1 fully saturated rings. The molecule has 0 aromatic rings. The fourth-order valence-electron chi connectivity index (χ4n) is 1.70. The Labute approximate surface area is 125 Å². The molecule has 1 aliphatic rings. The van der Waals surface area contributed by atoms with Crippen LogP contribution in [0.3, 0.4) is 0 Å². The molecule has 1 saturated heterocycles. The molecule has 1 rings (SSSR count). The lowest BCUT2D eigenvalue weighted by molar-refractivity contribution is -0.292. The van der Waals surface area contributed by atoms with E-state index < -0.39 is 46.7 Å². The molecular weight excluding hydrogens is 403 g/mol. The SMILES string of the molecule is CC(=O)OC1C(F)C(I)OC(C(F)(F)F)C1OC(C)=O. The van der Waals surface area contributed by atoms with Gasteiger partial charge in [-0.25, -0.2) is 4.39 Å². The second-order valence-corrected chi connectivity index (χ2v) is 5.27. The van der Waals surface area contributed by atoms with Crippen molar-refractivity contribution in [3.05, 3.63) is 0 Å². The van der Waals surface area contributed by atoms with E-state index in [0.29, 0.717) is 0 Å². The Bertz CT molecular complexity index is 388. The summed E-state index contributed by atoms with van der Waals surface area (Å²) >= 11 is 1.31. The molecule has 1 heterocycles. The number of alkyl halides is 5. The largest absolute Gasteiger partial charge is 0.455 e. The fourth-order valence-corrected chi connectivity index (χ4v) is 2.43. The Kier molecular flexibility index (Phi) is 5.58. The normalized spacial score (nSPS) is 34.5. The molecule has 1 aliphatic heterocycles. The predicted molar refractivity (Wildman–Crippen MR) is 64.7 cm³/mol. The van der Waals surface area contributed by atoms with E-state index in [-0.39, 0.29) is 0 Å². The molecule has 5 nitrogen and oxygen atoms in total. The Hall–Kier alpha value is -0.650. The molecule has 20 heavy (non-hydrogen) atoms. The first-order valence-corrected chi connectivity index (χ1v) is 6.63. The van der Waals surface area contributed by atoms with Gasteiger partial charge in [0.15, 0.2) is 24.5 Å². The fraction of sp³-hybridized carbons (Fsp3) is 0.800. The lowest BCUT2D eigenvalue weighted by Crippen LogP contribution is -2.61. The molecule has 0 aromatic carbocycles. The summed E-state index contributed by atoms with van der Waals surface area (Å²) in [4.78, 5) is 21.8. The van der Waals surface area contributed by atoms with Crippen molar-refractivity contribution < 1.29 is 41.4 Å². The first kappa shape index (κ1) is 17.4. The third-order valence-corrected chi connectivity index (χ3v) is 3.37. The maximum absolute atomic E-state index is 13.9. The molecule has 0 spiro atoms. The lowest BCUT2D eigenvalue weighted by Gasteiger charge is -2.41. The molecule has 0 aliphatic carbocycles. The third-order valence-electron chi connectivity index (χ3n) is 2.39. The highest BCUT2D eigenvalue weighted by molar-refractivity contribution is 14.1. The van der Waals surface area contributed by atoms with Gasteiger partial charge in [0.1, 0.15) is 4.11 Å². The summed E-state index contributed by atoms with van der Waals surface area (Å²) in [5, 5.41) is 0. The number of halogens is 5. The smallest absolute Gasteiger partial charge is 0.418 e. The van der Waals surface area contributed by atoms with Crippen molar-refractivity contribution >= 4 is 34.5 Å². The molecule has 5 atom stereocenters. The number of hydrogen-bond donors (Lipinski definition) is 0. The van der Waals surface area contributed by atoms with E-state index in [0.717, 1.165) is 13.8 Å². The van der Waals surface area contributed by atoms with Crippen molar-refractivity contribution in [3.63, 3.8) is 0 Å². The van der Waals surface area contributed by atoms with E-state index in [2.05, 4.69) is 14.2 Å². The zero-order chi connectivity index (χ0) is 15.7. The van der Waals surface area contributed by atoms with Crippen LogP contribution in [-0.2, 0) is 23.8 Å². The van der Waals surface area contributed by atoms with Gasteiger partial charge >= 0.3 is 18.1 Å². The number of esters is 2. The number of carbonyl (C=O) groups excluding carboxylic acids is 2. The van der Waals surface area contributed by atoms with Gasteiger partial charge in [0.05, 0.1) is 0 Å². The summed E-state index contributed by atoms with van der Waals surface area (Å²) in [6.07, 6.45) is -13.5. The molecular formula is C10H11F4IO5. The Morgan fingerprint density at radius 3 is 1.95 bits per heavy atom. The summed E-state index contributed by atoms with van der Waals surface area (Å²) in [6.45, 7) is 1.78. The molecule has 0 radical (unpaired) electrons. The second-order valence-electron chi connectivity index (χ2n) is 4.04. The predicted octanol–water partition coefficient (Wildman–Crippen LogP) is 1.91. The van der Waals surface area contributed by atoms with E-state index >= 15 is 0 Å². The highest BCUT2D eigenvalue weighted by atomic mass is 127. The van der Waals surface area contributed by atoms with E-state index in [1.165, 1.54) is 22.6 Å². The van der Waals surface area contributed by atoms with Crippen molar-refractivity contribution in [2.45, 2.75) is 48.6 Å². The molecule has 10 heteroatoms. The number of rotatable bonds is 2. The summed E-state index contributed by atoms with van der Waals surface area (Å²) < 4.78 is 64.5. The van der Waals surface area contributed by atoms with Crippen molar-refractivity contribution in [2.24, 2.45) is 0 Å². The van der Waals surface area contributed by atoms with Gasteiger partial charge in [-0.1, -0.05) is 0 Å². The van der Waals surface area contributed by atoms with Gasteiger partial charge in [0.2, 0.25) is 0 Å². The summed E-state index contributed by atoms with van der Waals surface area (Å²) in [6, 6.07) is 0. The van der Waals surface area contributed by atoms with Crippen molar-refractivity contribution in [1.82, 2.24) is 0 Å². The average Bonchev–Trinajstić information content (AvgIpc) is 2.25. The maximum atomic E-state index is 13.9. The minimum Gasteiger partial charge on any atom is -0.455 e. The Balaban J connectivity index is 3.11. The van der Waals surface area contributed by atoms with Crippen molar-refractivity contribution in [1.29, 1.82) is 0 Å². The maximum Gasteiger partial charge on any atom is 0.418 e. The quantitative estimate of drug-likeness (QED) is 0.299. The van der Waals surface area contributed by atoms with E-state index in [1.807, 2.05) is 0 Å². The van der Waals surface area contributed by atoms with E-state index in [9.17, 15) is 27.2 Å². The molecule has 0 bridgehead atoms. The summed E-state index contributed by atoms with van der Waals surface area (Å²) in [5.74, 6) is -2.05. The molecule has 0 N–H and O–H groups in total. The summed E-state index contributed by atoms with van der Waals surface area (Å²) in [7, 11) is 0. The topological polar surface area (TPSA) is 61.8 Å².